The summed E-state index contributed by atoms with van der Waals surface area (Å²) in [6, 6.07) is 3.75. The van der Waals surface area contributed by atoms with Gasteiger partial charge in [0.05, 0.1) is 5.88 Å². The van der Waals surface area contributed by atoms with Crippen molar-refractivity contribution in [2.24, 2.45) is 5.92 Å². The summed E-state index contributed by atoms with van der Waals surface area (Å²) in [5.41, 5.74) is 1.73. The second-order valence-corrected chi connectivity index (χ2v) is 4.21. The molecule has 0 N–H and O–H groups in total. The van der Waals surface area contributed by atoms with E-state index in [1.807, 2.05) is 19.1 Å². The van der Waals surface area contributed by atoms with Crippen LogP contribution in [0.15, 0.2) is 16.9 Å². The van der Waals surface area contributed by atoms with Gasteiger partial charge in [0.15, 0.2) is 0 Å². The SMILES string of the molecule is Cc1ccc(CCl)c(=O)n1CC(C)C. The number of hydrogen-bond donors (Lipinski definition) is 0. The van der Waals surface area contributed by atoms with Gasteiger partial charge in [-0.15, -0.1) is 11.6 Å². The van der Waals surface area contributed by atoms with E-state index >= 15 is 0 Å². The van der Waals surface area contributed by atoms with Crippen LogP contribution in [-0.2, 0) is 12.4 Å². The molecule has 0 fully saturated rings. The molecule has 0 aromatic carbocycles. The first-order chi connectivity index (χ1) is 6.56. The lowest BCUT2D eigenvalue weighted by Crippen LogP contribution is -2.26. The minimum absolute atomic E-state index is 0.0497. The number of rotatable bonds is 3. The van der Waals surface area contributed by atoms with Gasteiger partial charge >= 0.3 is 0 Å². The zero-order valence-corrected chi connectivity index (χ0v) is 9.64. The molecule has 78 valence electrons. The third kappa shape index (κ3) is 2.38. The van der Waals surface area contributed by atoms with E-state index in [1.54, 1.807) is 4.57 Å². The van der Waals surface area contributed by atoms with Crippen LogP contribution < -0.4 is 5.56 Å². The summed E-state index contributed by atoms with van der Waals surface area (Å²) >= 11 is 5.68. The Labute approximate surface area is 89.5 Å². The maximum Gasteiger partial charge on any atom is 0.255 e. The molecule has 0 amide bonds. The molecule has 0 radical (unpaired) electrons. The molecule has 0 bridgehead atoms. The maximum atomic E-state index is 11.8. The Balaban J connectivity index is 3.19. The van der Waals surface area contributed by atoms with Gasteiger partial charge in [-0.25, -0.2) is 0 Å². The van der Waals surface area contributed by atoms with E-state index in [-0.39, 0.29) is 11.4 Å². The molecule has 0 spiro atoms. The Bertz CT molecular complexity index is 368. The van der Waals surface area contributed by atoms with Crippen molar-refractivity contribution in [3.63, 3.8) is 0 Å². The number of aromatic nitrogens is 1. The molecule has 0 aliphatic heterocycles. The molecule has 0 saturated heterocycles. The minimum atomic E-state index is 0.0497. The molecule has 1 rings (SSSR count). The van der Waals surface area contributed by atoms with Gasteiger partial charge in [0.25, 0.3) is 5.56 Å². The predicted octanol–water partition coefficient (Wildman–Crippen LogP) is 2.55. The second-order valence-electron chi connectivity index (χ2n) is 3.94. The van der Waals surface area contributed by atoms with Crippen LogP contribution in [0.4, 0.5) is 0 Å². The third-order valence-electron chi connectivity index (χ3n) is 2.16. The first kappa shape index (κ1) is 11.3. The van der Waals surface area contributed by atoms with E-state index in [0.717, 1.165) is 12.2 Å². The van der Waals surface area contributed by atoms with Crippen molar-refractivity contribution < 1.29 is 0 Å². The monoisotopic (exact) mass is 213 g/mol. The summed E-state index contributed by atoms with van der Waals surface area (Å²) in [7, 11) is 0. The fourth-order valence-corrected chi connectivity index (χ4v) is 1.61. The molecule has 14 heavy (non-hydrogen) atoms. The highest BCUT2D eigenvalue weighted by Crippen LogP contribution is 2.04. The van der Waals surface area contributed by atoms with Gasteiger partial charge in [0.1, 0.15) is 0 Å². The molecule has 1 aromatic heterocycles. The molecule has 1 aromatic rings. The number of aryl methyl sites for hydroxylation is 1. The molecule has 3 heteroatoms. The minimum Gasteiger partial charge on any atom is -0.312 e. The first-order valence-electron chi connectivity index (χ1n) is 4.81. The molecule has 1 heterocycles. The Kier molecular flexibility index (Phi) is 3.76. The molecule has 0 aliphatic carbocycles. The van der Waals surface area contributed by atoms with Crippen LogP contribution >= 0.6 is 11.6 Å². The quantitative estimate of drug-likeness (QED) is 0.708. The Morgan fingerprint density at radius 3 is 2.57 bits per heavy atom. The van der Waals surface area contributed by atoms with Gasteiger partial charge in [0, 0.05) is 17.8 Å². The molecule has 0 unspecified atom stereocenters. The van der Waals surface area contributed by atoms with Crippen molar-refractivity contribution in [1.29, 1.82) is 0 Å². The summed E-state index contributed by atoms with van der Waals surface area (Å²) in [4.78, 5) is 11.8. The Morgan fingerprint density at radius 1 is 1.43 bits per heavy atom. The zero-order chi connectivity index (χ0) is 10.7. The molecule has 0 atom stereocenters. The predicted molar refractivity (Wildman–Crippen MR) is 59.8 cm³/mol. The summed E-state index contributed by atoms with van der Waals surface area (Å²) in [6.45, 7) is 6.90. The van der Waals surface area contributed by atoms with Crippen molar-refractivity contribution in [3.8, 4) is 0 Å². The topological polar surface area (TPSA) is 22.0 Å². The van der Waals surface area contributed by atoms with Crippen LogP contribution in [0, 0.1) is 12.8 Å². The van der Waals surface area contributed by atoms with Gasteiger partial charge in [-0.3, -0.25) is 4.79 Å². The van der Waals surface area contributed by atoms with Gasteiger partial charge in [-0.1, -0.05) is 19.9 Å². The molecular formula is C11H16ClNO. The Morgan fingerprint density at radius 2 is 2.07 bits per heavy atom. The van der Waals surface area contributed by atoms with Crippen LogP contribution in [0.1, 0.15) is 25.1 Å². The Hall–Kier alpha value is -0.760. The van der Waals surface area contributed by atoms with Gasteiger partial charge in [-0.2, -0.15) is 0 Å². The molecule has 0 aliphatic rings. The zero-order valence-electron chi connectivity index (χ0n) is 8.88. The number of nitrogens with zero attached hydrogens (tertiary/aromatic N) is 1. The van der Waals surface area contributed by atoms with Gasteiger partial charge in [-0.05, 0) is 18.9 Å². The lowest BCUT2D eigenvalue weighted by atomic mass is 10.2. The van der Waals surface area contributed by atoms with Crippen molar-refractivity contribution in [2.75, 3.05) is 0 Å². The van der Waals surface area contributed by atoms with Crippen molar-refractivity contribution in [1.82, 2.24) is 4.57 Å². The number of halogens is 1. The largest absolute Gasteiger partial charge is 0.312 e. The first-order valence-corrected chi connectivity index (χ1v) is 5.35. The summed E-state index contributed by atoms with van der Waals surface area (Å²) < 4.78 is 1.79. The van der Waals surface area contributed by atoms with E-state index in [0.29, 0.717) is 11.5 Å². The lowest BCUT2D eigenvalue weighted by molar-refractivity contribution is 0.500. The van der Waals surface area contributed by atoms with E-state index in [1.165, 1.54) is 0 Å². The fraction of sp³-hybridized carbons (Fsp3) is 0.545. The third-order valence-corrected chi connectivity index (χ3v) is 2.45. The van der Waals surface area contributed by atoms with Crippen LogP contribution in [0.2, 0.25) is 0 Å². The van der Waals surface area contributed by atoms with Crippen molar-refractivity contribution in [2.45, 2.75) is 33.2 Å². The van der Waals surface area contributed by atoms with Crippen molar-refractivity contribution >= 4 is 11.6 Å². The highest BCUT2D eigenvalue weighted by atomic mass is 35.5. The normalized spacial score (nSPS) is 10.9. The summed E-state index contributed by atoms with van der Waals surface area (Å²) in [5.74, 6) is 0.758. The van der Waals surface area contributed by atoms with E-state index < -0.39 is 0 Å². The molecule has 0 saturated carbocycles. The van der Waals surface area contributed by atoms with Crippen LogP contribution in [-0.4, -0.2) is 4.57 Å². The second kappa shape index (κ2) is 4.65. The van der Waals surface area contributed by atoms with Gasteiger partial charge in [0.2, 0.25) is 0 Å². The number of pyridine rings is 1. The number of alkyl halides is 1. The molecule has 2 nitrogen and oxygen atoms in total. The van der Waals surface area contributed by atoms with Crippen molar-refractivity contribution in [3.05, 3.63) is 33.7 Å². The van der Waals surface area contributed by atoms with Gasteiger partial charge < -0.3 is 4.57 Å². The van der Waals surface area contributed by atoms with Crippen LogP contribution in [0.3, 0.4) is 0 Å². The molecular weight excluding hydrogens is 198 g/mol. The van der Waals surface area contributed by atoms with Crippen LogP contribution in [0.25, 0.3) is 0 Å². The fourth-order valence-electron chi connectivity index (χ4n) is 1.41. The smallest absolute Gasteiger partial charge is 0.255 e. The maximum absolute atomic E-state index is 11.8. The van der Waals surface area contributed by atoms with Crippen LogP contribution in [0.5, 0.6) is 0 Å². The average molecular weight is 214 g/mol. The lowest BCUT2D eigenvalue weighted by Gasteiger charge is -2.13. The highest BCUT2D eigenvalue weighted by molar-refractivity contribution is 6.17. The standard InChI is InChI=1S/C11H16ClNO/c1-8(2)7-13-9(3)4-5-10(6-12)11(13)14/h4-5,8H,6-7H2,1-3H3. The average Bonchev–Trinajstić information content (AvgIpc) is 2.12. The number of hydrogen-bond acceptors (Lipinski definition) is 1. The van der Waals surface area contributed by atoms with E-state index in [4.69, 9.17) is 11.6 Å². The van der Waals surface area contributed by atoms with E-state index in [2.05, 4.69) is 13.8 Å². The highest BCUT2D eigenvalue weighted by Gasteiger charge is 2.06. The summed E-state index contributed by atoms with van der Waals surface area (Å²) in [5, 5.41) is 0. The summed E-state index contributed by atoms with van der Waals surface area (Å²) in [6.07, 6.45) is 0. The van der Waals surface area contributed by atoms with E-state index in [9.17, 15) is 4.79 Å².